The van der Waals surface area contributed by atoms with E-state index in [9.17, 15) is 9.59 Å². The average molecular weight is 220 g/mol. The van der Waals surface area contributed by atoms with E-state index in [1.165, 1.54) is 10.9 Å². The maximum absolute atomic E-state index is 11.7. The molecule has 6 heteroatoms. The first-order chi connectivity index (χ1) is 7.69. The van der Waals surface area contributed by atoms with E-state index < -0.39 is 11.2 Å². The molecular weight excluding hydrogens is 208 g/mol. The highest BCUT2D eigenvalue weighted by Crippen LogP contribution is 2.05. The summed E-state index contributed by atoms with van der Waals surface area (Å²) in [4.78, 5) is 29.5. The molecule has 84 valence electrons. The molecule has 0 aliphatic rings. The molecule has 0 aromatic carbocycles. The zero-order valence-electron chi connectivity index (χ0n) is 8.93. The fraction of sp³-hybridized carbons (Fsp3) is 0.300. The van der Waals surface area contributed by atoms with Crippen molar-refractivity contribution in [1.82, 2.24) is 19.1 Å². The monoisotopic (exact) mass is 220 g/mol. The first-order valence-electron chi connectivity index (χ1n) is 4.98. The van der Waals surface area contributed by atoms with Gasteiger partial charge in [-0.15, -0.1) is 6.58 Å². The van der Waals surface area contributed by atoms with Gasteiger partial charge in [0.25, 0.3) is 5.56 Å². The van der Waals surface area contributed by atoms with Crippen LogP contribution < -0.4 is 11.2 Å². The number of nitrogens with one attached hydrogen (secondary N) is 1. The Labute approximate surface area is 90.9 Å². The van der Waals surface area contributed by atoms with Crippen molar-refractivity contribution in [2.45, 2.75) is 20.0 Å². The third kappa shape index (κ3) is 1.39. The lowest BCUT2D eigenvalue weighted by Gasteiger charge is -2.02. The number of hydrogen-bond acceptors (Lipinski definition) is 3. The van der Waals surface area contributed by atoms with Gasteiger partial charge in [-0.2, -0.15) is 0 Å². The van der Waals surface area contributed by atoms with Crippen LogP contribution in [0.4, 0.5) is 0 Å². The van der Waals surface area contributed by atoms with E-state index in [1.807, 2.05) is 6.92 Å². The molecule has 0 unspecified atom stereocenters. The predicted molar refractivity (Wildman–Crippen MR) is 60.5 cm³/mol. The van der Waals surface area contributed by atoms with Crippen LogP contribution in [-0.2, 0) is 13.1 Å². The summed E-state index contributed by atoms with van der Waals surface area (Å²) in [5, 5.41) is 0. The number of hydrogen-bond donors (Lipinski definition) is 1. The first-order valence-corrected chi connectivity index (χ1v) is 4.98. The normalized spacial score (nSPS) is 10.8. The summed E-state index contributed by atoms with van der Waals surface area (Å²) in [6.07, 6.45) is 3.20. The van der Waals surface area contributed by atoms with Crippen molar-refractivity contribution in [1.29, 1.82) is 0 Å². The van der Waals surface area contributed by atoms with Gasteiger partial charge in [-0.1, -0.05) is 6.08 Å². The predicted octanol–water partition coefficient (Wildman–Crippen LogP) is 0.0922. The van der Waals surface area contributed by atoms with E-state index in [4.69, 9.17) is 0 Å². The van der Waals surface area contributed by atoms with E-state index in [2.05, 4.69) is 16.5 Å². The van der Waals surface area contributed by atoms with Crippen molar-refractivity contribution in [3.8, 4) is 0 Å². The van der Waals surface area contributed by atoms with Crippen molar-refractivity contribution in [2.75, 3.05) is 0 Å². The number of H-pyrrole nitrogens is 1. The minimum absolute atomic E-state index is 0.404. The lowest BCUT2D eigenvalue weighted by atomic mass is 10.5. The zero-order chi connectivity index (χ0) is 11.7. The molecule has 0 aliphatic carbocycles. The number of aryl methyl sites for hydroxylation is 1. The molecule has 2 aromatic heterocycles. The van der Waals surface area contributed by atoms with Crippen LogP contribution in [0.25, 0.3) is 11.2 Å². The summed E-state index contributed by atoms with van der Waals surface area (Å²) in [5.74, 6) is 0. The van der Waals surface area contributed by atoms with Gasteiger partial charge in [0.05, 0.1) is 6.33 Å². The summed E-state index contributed by atoms with van der Waals surface area (Å²) < 4.78 is 3.09. The minimum Gasteiger partial charge on any atom is -0.321 e. The van der Waals surface area contributed by atoms with Gasteiger partial charge in [-0.25, -0.2) is 9.78 Å². The molecule has 6 nitrogen and oxygen atoms in total. The summed E-state index contributed by atoms with van der Waals surface area (Å²) in [6.45, 7) is 6.38. The second-order valence-electron chi connectivity index (χ2n) is 3.36. The minimum atomic E-state index is -0.427. The molecule has 0 amide bonds. The Morgan fingerprint density at radius 3 is 2.94 bits per heavy atom. The van der Waals surface area contributed by atoms with Crippen LogP contribution in [0.2, 0.25) is 0 Å². The average Bonchev–Trinajstić information content (AvgIpc) is 2.63. The molecule has 2 aromatic rings. The Hall–Kier alpha value is -2.11. The maximum Gasteiger partial charge on any atom is 0.330 e. The number of nitrogens with zero attached hydrogens (tertiary/aromatic N) is 3. The van der Waals surface area contributed by atoms with Gasteiger partial charge in [0.2, 0.25) is 0 Å². The Morgan fingerprint density at radius 1 is 1.56 bits per heavy atom. The fourth-order valence-corrected chi connectivity index (χ4v) is 1.69. The van der Waals surface area contributed by atoms with Crippen molar-refractivity contribution in [3.05, 3.63) is 39.8 Å². The van der Waals surface area contributed by atoms with E-state index in [0.717, 1.165) is 0 Å². The van der Waals surface area contributed by atoms with E-state index >= 15 is 0 Å². The first kappa shape index (κ1) is 10.4. The standard InChI is InChI=1S/C10H12N4O2/c1-3-5-13-6-11-8-7(13)9(15)12-10(16)14(8)4-2/h3,6H,1,4-5H2,2H3,(H,12,15,16). The molecule has 0 radical (unpaired) electrons. The van der Waals surface area contributed by atoms with Crippen molar-refractivity contribution < 1.29 is 0 Å². The topological polar surface area (TPSA) is 72.7 Å². The van der Waals surface area contributed by atoms with Crippen LogP contribution in [0.1, 0.15) is 6.92 Å². The van der Waals surface area contributed by atoms with Crippen LogP contribution >= 0.6 is 0 Å². The van der Waals surface area contributed by atoms with Crippen LogP contribution in [0.15, 0.2) is 28.6 Å². The smallest absolute Gasteiger partial charge is 0.321 e. The molecule has 0 aliphatic heterocycles. The zero-order valence-corrected chi connectivity index (χ0v) is 8.93. The van der Waals surface area contributed by atoms with Crippen LogP contribution in [-0.4, -0.2) is 19.1 Å². The third-order valence-electron chi connectivity index (χ3n) is 2.40. The molecule has 16 heavy (non-hydrogen) atoms. The van der Waals surface area contributed by atoms with E-state index in [0.29, 0.717) is 24.3 Å². The molecule has 0 bridgehead atoms. The summed E-state index contributed by atoms with van der Waals surface area (Å²) in [5.41, 5.74) is -0.0210. The van der Waals surface area contributed by atoms with Crippen LogP contribution in [0.5, 0.6) is 0 Å². The summed E-state index contributed by atoms with van der Waals surface area (Å²) in [7, 11) is 0. The van der Waals surface area contributed by atoms with Gasteiger partial charge in [-0.05, 0) is 6.92 Å². The van der Waals surface area contributed by atoms with Crippen LogP contribution in [0.3, 0.4) is 0 Å². The van der Waals surface area contributed by atoms with Crippen molar-refractivity contribution in [2.24, 2.45) is 0 Å². The molecular formula is C10H12N4O2. The Bertz CT molecular complexity index is 647. The quantitative estimate of drug-likeness (QED) is 0.745. The van der Waals surface area contributed by atoms with Gasteiger partial charge >= 0.3 is 5.69 Å². The molecule has 0 saturated carbocycles. The second-order valence-corrected chi connectivity index (χ2v) is 3.36. The van der Waals surface area contributed by atoms with Crippen LogP contribution in [0, 0.1) is 0 Å². The molecule has 0 fully saturated rings. The SMILES string of the molecule is C=CCn1cnc2c1c(=O)[nH]c(=O)n2CC. The van der Waals surface area contributed by atoms with E-state index in [-0.39, 0.29) is 0 Å². The Kier molecular flexibility index (Phi) is 2.47. The lowest BCUT2D eigenvalue weighted by molar-refractivity contribution is 0.718. The number of imidazole rings is 1. The maximum atomic E-state index is 11.7. The molecule has 1 N–H and O–H groups in total. The van der Waals surface area contributed by atoms with Gasteiger partial charge in [0.15, 0.2) is 11.2 Å². The van der Waals surface area contributed by atoms with Gasteiger partial charge in [0.1, 0.15) is 0 Å². The largest absolute Gasteiger partial charge is 0.330 e. The molecule has 0 spiro atoms. The highest BCUT2D eigenvalue weighted by molar-refractivity contribution is 5.69. The highest BCUT2D eigenvalue weighted by atomic mass is 16.2. The van der Waals surface area contributed by atoms with Gasteiger partial charge in [-0.3, -0.25) is 14.3 Å². The summed E-state index contributed by atoms with van der Waals surface area (Å²) >= 11 is 0. The van der Waals surface area contributed by atoms with Gasteiger partial charge in [0, 0.05) is 13.1 Å². The lowest BCUT2D eigenvalue weighted by Crippen LogP contribution is -2.30. The Morgan fingerprint density at radius 2 is 2.31 bits per heavy atom. The number of fused-ring (bicyclic) bond motifs is 1. The molecule has 2 rings (SSSR count). The number of aromatic nitrogens is 4. The fourth-order valence-electron chi connectivity index (χ4n) is 1.69. The number of allylic oxidation sites excluding steroid dienone is 1. The van der Waals surface area contributed by atoms with Crippen molar-refractivity contribution in [3.63, 3.8) is 0 Å². The van der Waals surface area contributed by atoms with E-state index in [1.54, 1.807) is 10.6 Å². The third-order valence-corrected chi connectivity index (χ3v) is 2.40. The molecule has 0 saturated heterocycles. The highest BCUT2D eigenvalue weighted by Gasteiger charge is 2.11. The number of aromatic amines is 1. The van der Waals surface area contributed by atoms with Crippen molar-refractivity contribution >= 4 is 11.2 Å². The second kappa shape index (κ2) is 3.80. The molecule has 2 heterocycles. The molecule has 0 atom stereocenters. The number of rotatable bonds is 3. The Balaban J connectivity index is 2.90. The summed E-state index contributed by atoms with van der Waals surface area (Å²) in [6, 6.07) is 0. The van der Waals surface area contributed by atoms with Gasteiger partial charge < -0.3 is 4.57 Å².